The Kier molecular flexibility index (Phi) is 4.51. The zero-order valence-electron chi connectivity index (χ0n) is 7.56. The van der Waals surface area contributed by atoms with Crippen molar-refractivity contribution in [3.63, 3.8) is 0 Å². The molecule has 0 aliphatic heterocycles. The fraction of sp³-hybridized carbons (Fsp3) is 0.667. The molecule has 0 heterocycles. The Bertz CT molecular complexity index is 323. The molecule has 0 aromatic rings. The molecule has 0 aliphatic carbocycles. The molecule has 0 radical (unpaired) electrons. The summed E-state index contributed by atoms with van der Waals surface area (Å²) < 4.78 is 24.2. The third-order valence-electron chi connectivity index (χ3n) is 1.49. The second kappa shape index (κ2) is 4.91. The van der Waals surface area contributed by atoms with Gasteiger partial charge in [0.15, 0.2) is 5.25 Å². The minimum atomic E-state index is -3.91. The Morgan fingerprint density at radius 2 is 2.00 bits per heavy atom. The van der Waals surface area contributed by atoms with Crippen molar-refractivity contribution in [3.8, 4) is 0 Å². The predicted octanol–water partition coefficient (Wildman–Crippen LogP) is -1.75. The van der Waals surface area contributed by atoms with Crippen LogP contribution < -0.4 is 10.5 Å². The van der Waals surface area contributed by atoms with E-state index in [1.807, 2.05) is 4.72 Å². The number of rotatable bonds is 6. The molecule has 0 aliphatic rings. The largest absolute Gasteiger partial charge is 0.480 e. The SMILES string of the molecule is CC(C(=O)O)S(=O)(=O)NCCC(N)=O. The number of hydrogen-bond acceptors (Lipinski definition) is 4. The first kappa shape index (κ1) is 12.8. The van der Waals surface area contributed by atoms with E-state index in [9.17, 15) is 18.0 Å². The molecule has 0 saturated carbocycles. The van der Waals surface area contributed by atoms with E-state index in [2.05, 4.69) is 0 Å². The van der Waals surface area contributed by atoms with Crippen molar-refractivity contribution >= 4 is 21.9 Å². The standard InChI is InChI=1S/C6H12N2O5S/c1-4(6(10)11)14(12,13)8-3-2-5(7)9/h4,8H,2-3H2,1H3,(H2,7,9)(H,10,11). The van der Waals surface area contributed by atoms with Crippen LogP contribution in [-0.4, -0.2) is 37.2 Å². The minimum absolute atomic E-state index is 0.161. The van der Waals surface area contributed by atoms with E-state index in [4.69, 9.17) is 10.8 Å². The first-order valence-corrected chi connectivity index (χ1v) is 5.31. The van der Waals surface area contributed by atoms with Crippen molar-refractivity contribution in [1.82, 2.24) is 4.72 Å². The normalized spacial score (nSPS) is 13.5. The lowest BCUT2D eigenvalue weighted by atomic mass is 10.4. The van der Waals surface area contributed by atoms with Crippen LogP contribution in [0.4, 0.5) is 0 Å². The summed E-state index contributed by atoms with van der Waals surface area (Å²) in [5.74, 6) is -2.10. The predicted molar refractivity (Wildman–Crippen MR) is 47.8 cm³/mol. The Balaban J connectivity index is 4.22. The first-order chi connectivity index (χ1) is 6.27. The molecule has 0 spiro atoms. The highest BCUT2D eigenvalue weighted by Gasteiger charge is 2.26. The molecule has 7 nitrogen and oxygen atoms in total. The van der Waals surface area contributed by atoms with Crippen LogP contribution in [0.5, 0.6) is 0 Å². The minimum Gasteiger partial charge on any atom is -0.480 e. The molecule has 8 heteroatoms. The van der Waals surface area contributed by atoms with Gasteiger partial charge in [0.05, 0.1) is 0 Å². The molecule has 0 aromatic carbocycles. The summed E-state index contributed by atoms with van der Waals surface area (Å²) in [7, 11) is -3.91. The summed E-state index contributed by atoms with van der Waals surface area (Å²) in [5, 5.41) is 6.87. The van der Waals surface area contributed by atoms with Crippen LogP contribution in [0.15, 0.2) is 0 Å². The summed E-state index contributed by atoms with van der Waals surface area (Å²) in [6, 6.07) is 0. The van der Waals surface area contributed by atoms with E-state index in [0.29, 0.717) is 0 Å². The van der Waals surface area contributed by atoms with Crippen molar-refractivity contribution in [3.05, 3.63) is 0 Å². The molecule has 0 fully saturated rings. The van der Waals surface area contributed by atoms with Crippen LogP contribution in [0.25, 0.3) is 0 Å². The smallest absolute Gasteiger partial charge is 0.323 e. The van der Waals surface area contributed by atoms with Gasteiger partial charge in [-0.15, -0.1) is 0 Å². The van der Waals surface area contributed by atoms with Crippen LogP contribution in [0.3, 0.4) is 0 Å². The van der Waals surface area contributed by atoms with E-state index in [1.165, 1.54) is 0 Å². The molecular formula is C6H12N2O5S. The average molecular weight is 224 g/mol. The summed E-state index contributed by atoms with van der Waals surface area (Å²) >= 11 is 0. The topological polar surface area (TPSA) is 127 Å². The Morgan fingerprint density at radius 1 is 1.50 bits per heavy atom. The molecule has 4 N–H and O–H groups in total. The fourth-order valence-electron chi connectivity index (χ4n) is 0.574. The third kappa shape index (κ3) is 4.19. The van der Waals surface area contributed by atoms with Crippen molar-refractivity contribution in [2.45, 2.75) is 18.6 Å². The average Bonchev–Trinajstić information content (AvgIpc) is 2.01. The van der Waals surface area contributed by atoms with E-state index >= 15 is 0 Å². The molecule has 0 rings (SSSR count). The van der Waals surface area contributed by atoms with Gasteiger partial charge >= 0.3 is 5.97 Å². The number of hydrogen-bond donors (Lipinski definition) is 3. The van der Waals surface area contributed by atoms with Gasteiger partial charge < -0.3 is 10.8 Å². The van der Waals surface area contributed by atoms with Crippen LogP contribution in [0.1, 0.15) is 13.3 Å². The lowest BCUT2D eigenvalue weighted by molar-refractivity contribution is -0.136. The van der Waals surface area contributed by atoms with Crippen LogP contribution in [0.2, 0.25) is 0 Å². The van der Waals surface area contributed by atoms with E-state index < -0.39 is 27.1 Å². The van der Waals surface area contributed by atoms with E-state index in [0.717, 1.165) is 6.92 Å². The number of nitrogens with two attached hydrogens (primary N) is 1. The summed E-state index contributed by atoms with van der Waals surface area (Å²) in [4.78, 5) is 20.6. The molecule has 1 atom stereocenters. The number of nitrogens with one attached hydrogen (secondary N) is 1. The quantitative estimate of drug-likeness (QED) is 0.493. The Hall–Kier alpha value is -1.15. The molecule has 0 saturated heterocycles. The third-order valence-corrected chi connectivity index (χ3v) is 3.23. The molecular weight excluding hydrogens is 212 g/mol. The van der Waals surface area contributed by atoms with Gasteiger partial charge in [0.2, 0.25) is 15.9 Å². The van der Waals surface area contributed by atoms with Gasteiger partial charge in [-0.2, -0.15) is 0 Å². The molecule has 0 bridgehead atoms. The van der Waals surface area contributed by atoms with E-state index in [-0.39, 0.29) is 13.0 Å². The van der Waals surface area contributed by atoms with Gasteiger partial charge in [-0.05, 0) is 6.92 Å². The zero-order valence-corrected chi connectivity index (χ0v) is 8.37. The monoisotopic (exact) mass is 224 g/mol. The second-order valence-corrected chi connectivity index (χ2v) is 4.72. The number of carboxylic acid groups (broad SMARTS) is 1. The van der Waals surface area contributed by atoms with Gasteiger partial charge in [0.1, 0.15) is 0 Å². The van der Waals surface area contributed by atoms with Gasteiger partial charge in [0.25, 0.3) is 0 Å². The highest BCUT2D eigenvalue weighted by atomic mass is 32.2. The lowest BCUT2D eigenvalue weighted by Crippen LogP contribution is -2.38. The van der Waals surface area contributed by atoms with Crippen LogP contribution in [0, 0.1) is 0 Å². The summed E-state index contributed by atoms with van der Waals surface area (Å²) in [6.07, 6.45) is -0.161. The number of carboxylic acids is 1. The highest BCUT2D eigenvalue weighted by molar-refractivity contribution is 7.90. The molecule has 82 valence electrons. The van der Waals surface area contributed by atoms with Gasteiger partial charge in [0, 0.05) is 13.0 Å². The number of carbonyl (C=O) groups excluding carboxylic acids is 1. The number of carbonyl (C=O) groups is 2. The Morgan fingerprint density at radius 3 is 2.36 bits per heavy atom. The van der Waals surface area contributed by atoms with Gasteiger partial charge in [-0.3, -0.25) is 9.59 Å². The maximum Gasteiger partial charge on any atom is 0.323 e. The lowest BCUT2D eigenvalue weighted by Gasteiger charge is -2.08. The van der Waals surface area contributed by atoms with Crippen molar-refractivity contribution in [2.75, 3.05) is 6.54 Å². The summed E-state index contributed by atoms with van der Waals surface area (Å²) in [6.45, 7) is 0.851. The van der Waals surface area contributed by atoms with E-state index in [1.54, 1.807) is 0 Å². The maximum atomic E-state index is 11.1. The molecule has 1 unspecified atom stereocenters. The second-order valence-electron chi connectivity index (χ2n) is 2.64. The molecule has 1 amide bonds. The summed E-state index contributed by atoms with van der Waals surface area (Å²) in [5.41, 5.74) is 4.77. The maximum absolute atomic E-state index is 11.1. The van der Waals surface area contributed by atoms with Crippen LogP contribution in [-0.2, 0) is 19.6 Å². The number of amides is 1. The fourth-order valence-corrected chi connectivity index (χ4v) is 1.48. The number of sulfonamides is 1. The number of primary amides is 1. The Labute approximate surface area is 81.3 Å². The first-order valence-electron chi connectivity index (χ1n) is 3.77. The van der Waals surface area contributed by atoms with Gasteiger partial charge in [-0.1, -0.05) is 0 Å². The van der Waals surface area contributed by atoms with Crippen molar-refractivity contribution < 1.29 is 23.1 Å². The van der Waals surface area contributed by atoms with Crippen LogP contribution >= 0.6 is 0 Å². The highest BCUT2D eigenvalue weighted by Crippen LogP contribution is 1.97. The molecule has 0 aromatic heterocycles. The van der Waals surface area contributed by atoms with Gasteiger partial charge in [-0.25, -0.2) is 13.1 Å². The van der Waals surface area contributed by atoms with Crippen molar-refractivity contribution in [1.29, 1.82) is 0 Å². The van der Waals surface area contributed by atoms with Crippen molar-refractivity contribution in [2.24, 2.45) is 5.73 Å². The molecule has 14 heavy (non-hydrogen) atoms. The zero-order chi connectivity index (χ0) is 11.4. The number of aliphatic carboxylic acids is 1.